The van der Waals surface area contributed by atoms with E-state index in [4.69, 9.17) is 0 Å². The maximum absolute atomic E-state index is 12.0. The Hall–Kier alpha value is -0.810. The highest BCUT2D eigenvalue weighted by molar-refractivity contribution is 5.85. The van der Waals surface area contributed by atoms with Gasteiger partial charge in [-0.1, -0.05) is 26.7 Å². The second-order valence-electron chi connectivity index (χ2n) is 6.59. The van der Waals surface area contributed by atoms with Crippen molar-refractivity contribution in [3.05, 3.63) is 0 Å². The zero-order valence-corrected chi connectivity index (χ0v) is 15.2. The van der Waals surface area contributed by atoms with Gasteiger partial charge in [0, 0.05) is 32.0 Å². The van der Waals surface area contributed by atoms with Gasteiger partial charge >= 0.3 is 0 Å². The van der Waals surface area contributed by atoms with Crippen LogP contribution in [0.1, 0.15) is 46.0 Å². The van der Waals surface area contributed by atoms with Crippen LogP contribution in [0.3, 0.4) is 0 Å². The van der Waals surface area contributed by atoms with Crippen LogP contribution in [0.15, 0.2) is 0 Å². The van der Waals surface area contributed by atoms with E-state index < -0.39 is 0 Å². The van der Waals surface area contributed by atoms with Gasteiger partial charge in [0.2, 0.25) is 11.8 Å². The summed E-state index contributed by atoms with van der Waals surface area (Å²) < 4.78 is 0. The first-order chi connectivity index (χ1) is 9.90. The van der Waals surface area contributed by atoms with Crippen LogP contribution in [0.4, 0.5) is 0 Å². The van der Waals surface area contributed by atoms with Crippen molar-refractivity contribution in [1.82, 2.24) is 15.5 Å². The lowest BCUT2D eigenvalue weighted by molar-refractivity contribution is -0.127. The quantitative estimate of drug-likeness (QED) is 0.747. The molecule has 3 atom stereocenters. The predicted molar refractivity (Wildman–Crippen MR) is 92.2 cm³/mol. The number of rotatable bonds is 7. The van der Waals surface area contributed by atoms with Crippen molar-refractivity contribution in [1.29, 1.82) is 0 Å². The zero-order chi connectivity index (χ0) is 15.8. The summed E-state index contributed by atoms with van der Waals surface area (Å²) in [6.45, 7) is 5.91. The summed E-state index contributed by atoms with van der Waals surface area (Å²) in [5, 5.41) is 5.93. The lowest BCUT2D eigenvalue weighted by Gasteiger charge is -2.34. The molecule has 0 bridgehead atoms. The van der Waals surface area contributed by atoms with Crippen LogP contribution in [-0.2, 0) is 9.59 Å². The Balaban J connectivity index is 0.00000441. The molecule has 0 aromatic heterocycles. The first kappa shape index (κ1) is 21.2. The van der Waals surface area contributed by atoms with Crippen LogP contribution in [0.5, 0.6) is 0 Å². The van der Waals surface area contributed by atoms with E-state index in [1.165, 1.54) is 12.8 Å². The predicted octanol–water partition coefficient (Wildman–Crippen LogP) is 1.81. The number of hydrogen-bond acceptors (Lipinski definition) is 3. The first-order valence-corrected chi connectivity index (χ1v) is 8.11. The van der Waals surface area contributed by atoms with Crippen molar-refractivity contribution >= 4 is 24.2 Å². The molecule has 1 aliphatic carbocycles. The van der Waals surface area contributed by atoms with Crippen LogP contribution in [0.25, 0.3) is 0 Å². The van der Waals surface area contributed by atoms with Gasteiger partial charge in [0.15, 0.2) is 0 Å². The Labute approximate surface area is 141 Å². The normalized spacial score (nSPS) is 24.5. The van der Waals surface area contributed by atoms with E-state index in [0.29, 0.717) is 18.4 Å². The van der Waals surface area contributed by atoms with Gasteiger partial charge in [-0.15, -0.1) is 12.4 Å². The largest absolute Gasteiger partial charge is 0.355 e. The summed E-state index contributed by atoms with van der Waals surface area (Å²) in [5.74, 6) is 1.15. The van der Waals surface area contributed by atoms with Crippen LogP contribution in [-0.4, -0.2) is 49.9 Å². The minimum Gasteiger partial charge on any atom is -0.355 e. The van der Waals surface area contributed by atoms with Gasteiger partial charge in [0.1, 0.15) is 0 Å². The molecule has 1 fully saturated rings. The molecule has 0 spiro atoms. The van der Waals surface area contributed by atoms with E-state index in [2.05, 4.69) is 24.5 Å². The molecule has 0 aromatic rings. The van der Waals surface area contributed by atoms with Gasteiger partial charge < -0.3 is 15.5 Å². The third-order valence-electron chi connectivity index (χ3n) is 4.51. The standard InChI is InChI=1S/C16H31N3O2.ClH/c1-12-6-5-7-14(13(12)2)18-16(21)9-8-15(20)17-10-11-19(3)4;/h12-14H,5-11H2,1-4H3,(H,17,20)(H,18,21);1H. The molecule has 0 aliphatic heterocycles. The number of likely N-dealkylation sites (N-methyl/N-ethyl adjacent to an activating group) is 1. The topological polar surface area (TPSA) is 61.4 Å². The molecule has 2 amide bonds. The van der Waals surface area contributed by atoms with E-state index >= 15 is 0 Å². The number of nitrogens with one attached hydrogen (secondary N) is 2. The second kappa shape index (κ2) is 10.8. The van der Waals surface area contributed by atoms with Crippen molar-refractivity contribution in [2.45, 2.75) is 52.0 Å². The minimum absolute atomic E-state index is 0. The molecule has 1 saturated carbocycles. The molecule has 0 aromatic carbocycles. The third-order valence-corrected chi connectivity index (χ3v) is 4.51. The highest BCUT2D eigenvalue weighted by atomic mass is 35.5. The number of halogens is 1. The smallest absolute Gasteiger partial charge is 0.220 e. The van der Waals surface area contributed by atoms with Crippen molar-refractivity contribution in [3.63, 3.8) is 0 Å². The fourth-order valence-electron chi connectivity index (χ4n) is 2.80. The summed E-state index contributed by atoms with van der Waals surface area (Å²) in [7, 11) is 3.93. The average Bonchev–Trinajstić information content (AvgIpc) is 2.41. The molecule has 2 N–H and O–H groups in total. The van der Waals surface area contributed by atoms with Gasteiger partial charge in [-0.05, 0) is 32.4 Å². The molecular formula is C16H32ClN3O2. The van der Waals surface area contributed by atoms with Gasteiger partial charge in [0.25, 0.3) is 0 Å². The van der Waals surface area contributed by atoms with Crippen LogP contribution >= 0.6 is 12.4 Å². The molecule has 1 aliphatic rings. The first-order valence-electron chi connectivity index (χ1n) is 8.11. The summed E-state index contributed by atoms with van der Waals surface area (Å²) in [4.78, 5) is 25.6. The molecule has 0 radical (unpaired) electrons. The number of hydrogen-bond donors (Lipinski definition) is 2. The van der Waals surface area contributed by atoms with E-state index in [-0.39, 0.29) is 43.1 Å². The molecule has 3 unspecified atom stereocenters. The Bertz CT molecular complexity index is 350. The Morgan fingerprint density at radius 1 is 1.09 bits per heavy atom. The number of carbonyl (C=O) groups is 2. The highest BCUT2D eigenvalue weighted by Gasteiger charge is 2.27. The lowest BCUT2D eigenvalue weighted by Crippen LogP contribution is -2.44. The summed E-state index contributed by atoms with van der Waals surface area (Å²) in [6, 6.07) is 0.276. The maximum atomic E-state index is 12.0. The summed E-state index contributed by atoms with van der Waals surface area (Å²) in [6.07, 6.45) is 4.05. The molecule has 130 valence electrons. The van der Waals surface area contributed by atoms with Gasteiger partial charge in [-0.3, -0.25) is 9.59 Å². The fourth-order valence-corrected chi connectivity index (χ4v) is 2.80. The third kappa shape index (κ3) is 7.99. The molecule has 5 nitrogen and oxygen atoms in total. The van der Waals surface area contributed by atoms with E-state index in [1.807, 2.05) is 19.0 Å². The number of amides is 2. The van der Waals surface area contributed by atoms with Gasteiger partial charge in [0.05, 0.1) is 0 Å². The zero-order valence-electron chi connectivity index (χ0n) is 14.4. The molecule has 1 rings (SSSR count). The Kier molecular flexibility index (Phi) is 10.4. The second-order valence-corrected chi connectivity index (χ2v) is 6.59. The van der Waals surface area contributed by atoms with Crippen molar-refractivity contribution in [3.8, 4) is 0 Å². The number of carbonyl (C=O) groups excluding carboxylic acids is 2. The van der Waals surface area contributed by atoms with Gasteiger partial charge in [-0.25, -0.2) is 0 Å². The van der Waals surface area contributed by atoms with E-state index in [9.17, 15) is 9.59 Å². The Morgan fingerprint density at radius 2 is 1.73 bits per heavy atom. The summed E-state index contributed by atoms with van der Waals surface area (Å²) in [5.41, 5.74) is 0. The monoisotopic (exact) mass is 333 g/mol. The fraction of sp³-hybridized carbons (Fsp3) is 0.875. The average molecular weight is 334 g/mol. The molecule has 0 heterocycles. The highest BCUT2D eigenvalue weighted by Crippen LogP contribution is 2.29. The molecule has 0 saturated heterocycles. The SMILES string of the molecule is CC1CCCC(NC(=O)CCC(=O)NCCN(C)C)C1C.Cl. The van der Waals surface area contributed by atoms with Crippen LogP contribution in [0, 0.1) is 11.8 Å². The van der Waals surface area contributed by atoms with Crippen LogP contribution in [0.2, 0.25) is 0 Å². The Morgan fingerprint density at radius 3 is 2.36 bits per heavy atom. The van der Waals surface area contributed by atoms with Crippen molar-refractivity contribution in [2.75, 3.05) is 27.2 Å². The van der Waals surface area contributed by atoms with Gasteiger partial charge in [-0.2, -0.15) is 0 Å². The molecule has 22 heavy (non-hydrogen) atoms. The van der Waals surface area contributed by atoms with E-state index in [1.54, 1.807) is 0 Å². The molecular weight excluding hydrogens is 302 g/mol. The van der Waals surface area contributed by atoms with E-state index in [0.717, 1.165) is 13.0 Å². The maximum Gasteiger partial charge on any atom is 0.220 e. The van der Waals surface area contributed by atoms with Crippen molar-refractivity contribution < 1.29 is 9.59 Å². The lowest BCUT2D eigenvalue weighted by atomic mass is 9.78. The minimum atomic E-state index is -0.0444. The summed E-state index contributed by atoms with van der Waals surface area (Å²) >= 11 is 0. The number of nitrogens with zero attached hydrogens (tertiary/aromatic N) is 1. The van der Waals surface area contributed by atoms with Crippen molar-refractivity contribution in [2.24, 2.45) is 11.8 Å². The van der Waals surface area contributed by atoms with Crippen LogP contribution < -0.4 is 10.6 Å². The molecule has 6 heteroatoms.